The molecule has 0 radical (unpaired) electrons. The van der Waals surface area contributed by atoms with Gasteiger partial charge in [0.15, 0.2) is 11.5 Å². The first-order valence-corrected chi connectivity index (χ1v) is 7.43. The van der Waals surface area contributed by atoms with Crippen LogP contribution in [-0.2, 0) is 11.3 Å². The van der Waals surface area contributed by atoms with Crippen molar-refractivity contribution in [2.24, 2.45) is 5.73 Å². The van der Waals surface area contributed by atoms with E-state index in [0.717, 1.165) is 25.2 Å². The van der Waals surface area contributed by atoms with Crippen molar-refractivity contribution in [2.45, 2.75) is 25.6 Å². The summed E-state index contributed by atoms with van der Waals surface area (Å²) in [6, 6.07) is 3.87. The molecule has 0 spiro atoms. The Morgan fingerprint density at radius 3 is 2.81 bits per heavy atom. The number of nitrogens with zero attached hydrogens (tertiary/aromatic N) is 1. The first-order valence-electron chi connectivity index (χ1n) is 7.05. The molecule has 0 saturated carbocycles. The van der Waals surface area contributed by atoms with Crippen LogP contribution < -0.4 is 15.2 Å². The monoisotopic (exact) mass is 314 g/mol. The lowest BCUT2D eigenvalue weighted by atomic mass is 10.1. The molecule has 0 amide bonds. The summed E-state index contributed by atoms with van der Waals surface area (Å²) >= 11 is 6.42. The first kappa shape index (κ1) is 16.4. The second kappa shape index (κ2) is 7.31. The zero-order valence-electron chi connectivity index (χ0n) is 12.8. The summed E-state index contributed by atoms with van der Waals surface area (Å²) in [7, 11) is 3.19. The summed E-state index contributed by atoms with van der Waals surface area (Å²) in [5.74, 6) is 1.22. The minimum atomic E-state index is 0.0219. The molecular weight excluding hydrogens is 292 g/mol. The van der Waals surface area contributed by atoms with Gasteiger partial charge in [-0.25, -0.2) is 0 Å². The molecule has 0 aliphatic carbocycles. The lowest BCUT2D eigenvalue weighted by molar-refractivity contribution is -0.0403. The van der Waals surface area contributed by atoms with Gasteiger partial charge in [-0.2, -0.15) is 0 Å². The van der Waals surface area contributed by atoms with Crippen molar-refractivity contribution in [1.82, 2.24) is 4.90 Å². The normalized spacial score (nSPS) is 21.1. The van der Waals surface area contributed by atoms with Crippen LogP contribution in [0.4, 0.5) is 0 Å². The number of benzene rings is 1. The highest BCUT2D eigenvalue weighted by molar-refractivity contribution is 6.33. The van der Waals surface area contributed by atoms with Gasteiger partial charge in [-0.15, -0.1) is 0 Å². The van der Waals surface area contributed by atoms with Gasteiger partial charge in [0.2, 0.25) is 0 Å². The number of hydrogen-bond acceptors (Lipinski definition) is 5. The Labute approximate surface area is 130 Å². The molecule has 21 heavy (non-hydrogen) atoms. The van der Waals surface area contributed by atoms with E-state index in [1.165, 1.54) is 0 Å². The van der Waals surface area contributed by atoms with E-state index in [4.69, 9.17) is 31.5 Å². The Bertz CT molecular complexity index is 482. The second-order valence-electron chi connectivity index (χ2n) is 5.28. The fraction of sp³-hybridized carbons (Fsp3) is 0.600. The molecule has 1 aromatic rings. The van der Waals surface area contributed by atoms with Crippen molar-refractivity contribution in [1.29, 1.82) is 0 Å². The molecule has 1 heterocycles. The highest BCUT2D eigenvalue weighted by Gasteiger charge is 2.24. The molecule has 1 aliphatic rings. The molecule has 6 heteroatoms. The van der Waals surface area contributed by atoms with Gasteiger partial charge in [-0.05, 0) is 18.6 Å². The number of hydrogen-bond donors (Lipinski definition) is 1. The molecule has 2 unspecified atom stereocenters. The molecule has 1 aliphatic heterocycles. The smallest absolute Gasteiger partial charge is 0.179 e. The third kappa shape index (κ3) is 3.80. The number of morpholine rings is 1. The van der Waals surface area contributed by atoms with Crippen molar-refractivity contribution in [3.8, 4) is 11.5 Å². The van der Waals surface area contributed by atoms with Gasteiger partial charge in [0.1, 0.15) is 0 Å². The third-order valence-corrected chi connectivity index (χ3v) is 4.14. The van der Waals surface area contributed by atoms with Crippen LogP contribution in [0.2, 0.25) is 5.02 Å². The largest absolute Gasteiger partial charge is 0.493 e. The Morgan fingerprint density at radius 2 is 2.19 bits per heavy atom. The van der Waals surface area contributed by atoms with E-state index in [1.807, 2.05) is 19.1 Å². The van der Waals surface area contributed by atoms with E-state index in [9.17, 15) is 0 Å². The fourth-order valence-corrected chi connectivity index (χ4v) is 2.78. The molecule has 5 nitrogen and oxygen atoms in total. The van der Waals surface area contributed by atoms with E-state index in [2.05, 4.69) is 4.90 Å². The maximum atomic E-state index is 6.42. The van der Waals surface area contributed by atoms with Crippen molar-refractivity contribution >= 4 is 11.6 Å². The predicted molar refractivity (Wildman–Crippen MR) is 83.2 cm³/mol. The lowest BCUT2D eigenvalue weighted by Gasteiger charge is -2.35. The summed E-state index contributed by atoms with van der Waals surface area (Å²) < 4.78 is 16.3. The van der Waals surface area contributed by atoms with Crippen LogP contribution >= 0.6 is 11.6 Å². The van der Waals surface area contributed by atoms with Gasteiger partial charge < -0.3 is 19.9 Å². The van der Waals surface area contributed by atoms with E-state index in [1.54, 1.807) is 14.2 Å². The second-order valence-corrected chi connectivity index (χ2v) is 5.66. The SMILES string of the molecule is COc1ccc(CN2CCOC(C(C)N)C2)c(Cl)c1OC. The summed E-state index contributed by atoms with van der Waals surface area (Å²) in [5, 5.41) is 0.598. The standard InChI is InChI=1S/C15H23ClN2O3/c1-10(17)13-9-18(6-7-21-13)8-11-4-5-12(19-2)15(20-3)14(11)16/h4-5,10,13H,6-9,17H2,1-3H3. The fourth-order valence-electron chi connectivity index (χ4n) is 2.49. The number of ether oxygens (including phenoxy) is 3. The van der Waals surface area contributed by atoms with Crippen LogP contribution in [-0.4, -0.2) is 51.0 Å². The predicted octanol–water partition coefficient (Wildman–Crippen LogP) is 1.91. The Balaban J connectivity index is 2.12. The van der Waals surface area contributed by atoms with Crippen LogP contribution in [0.5, 0.6) is 11.5 Å². The summed E-state index contributed by atoms with van der Waals surface area (Å²) in [5.41, 5.74) is 6.94. The Hall–Kier alpha value is -1.01. The summed E-state index contributed by atoms with van der Waals surface area (Å²) in [6.45, 7) is 5.08. The van der Waals surface area contributed by atoms with Crippen molar-refractivity contribution in [3.63, 3.8) is 0 Å². The van der Waals surface area contributed by atoms with Gasteiger partial charge in [0, 0.05) is 25.7 Å². The molecule has 1 aromatic carbocycles. The first-order chi connectivity index (χ1) is 10.1. The summed E-state index contributed by atoms with van der Waals surface area (Å²) in [6.07, 6.45) is 0.0673. The van der Waals surface area contributed by atoms with Gasteiger partial charge in [0.25, 0.3) is 0 Å². The molecular formula is C15H23ClN2O3. The van der Waals surface area contributed by atoms with Crippen molar-refractivity contribution in [2.75, 3.05) is 33.9 Å². The lowest BCUT2D eigenvalue weighted by Crippen LogP contribution is -2.49. The highest BCUT2D eigenvalue weighted by atomic mass is 35.5. The zero-order chi connectivity index (χ0) is 15.4. The third-order valence-electron chi connectivity index (χ3n) is 3.72. The minimum Gasteiger partial charge on any atom is -0.493 e. The molecule has 2 atom stereocenters. The molecule has 1 fully saturated rings. The van der Waals surface area contributed by atoms with Crippen molar-refractivity contribution in [3.05, 3.63) is 22.7 Å². The molecule has 0 aromatic heterocycles. The van der Waals surface area contributed by atoms with Gasteiger partial charge in [-0.1, -0.05) is 17.7 Å². The number of methoxy groups -OCH3 is 2. The zero-order valence-corrected chi connectivity index (χ0v) is 13.5. The molecule has 2 N–H and O–H groups in total. The van der Waals surface area contributed by atoms with Crippen LogP contribution in [0.25, 0.3) is 0 Å². The number of nitrogens with two attached hydrogens (primary N) is 1. The average molecular weight is 315 g/mol. The van der Waals surface area contributed by atoms with E-state index in [-0.39, 0.29) is 12.1 Å². The van der Waals surface area contributed by atoms with Crippen LogP contribution in [0.3, 0.4) is 0 Å². The highest BCUT2D eigenvalue weighted by Crippen LogP contribution is 2.37. The maximum Gasteiger partial charge on any atom is 0.179 e. The van der Waals surface area contributed by atoms with Crippen LogP contribution in [0.1, 0.15) is 12.5 Å². The molecule has 1 saturated heterocycles. The van der Waals surface area contributed by atoms with E-state index in [0.29, 0.717) is 23.1 Å². The van der Waals surface area contributed by atoms with Gasteiger partial charge in [0.05, 0.1) is 32.0 Å². The quantitative estimate of drug-likeness (QED) is 0.899. The van der Waals surface area contributed by atoms with Gasteiger partial charge in [-0.3, -0.25) is 4.90 Å². The van der Waals surface area contributed by atoms with E-state index >= 15 is 0 Å². The molecule has 118 valence electrons. The number of halogens is 1. The topological polar surface area (TPSA) is 57.0 Å². The van der Waals surface area contributed by atoms with Gasteiger partial charge >= 0.3 is 0 Å². The Morgan fingerprint density at radius 1 is 1.43 bits per heavy atom. The number of rotatable bonds is 5. The summed E-state index contributed by atoms with van der Waals surface area (Å²) in [4.78, 5) is 2.30. The van der Waals surface area contributed by atoms with Crippen LogP contribution in [0.15, 0.2) is 12.1 Å². The van der Waals surface area contributed by atoms with Crippen LogP contribution in [0, 0.1) is 0 Å². The maximum absolute atomic E-state index is 6.42. The average Bonchev–Trinajstić information content (AvgIpc) is 2.49. The Kier molecular flexibility index (Phi) is 5.70. The molecule has 2 rings (SSSR count). The molecule has 0 bridgehead atoms. The van der Waals surface area contributed by atoms with Crippen molar-refractivity contribution < 1.29 is 14.2 Å². The van der Waals surface area contributed by atoms with E-state index < -0.39 is 0 Å². The minimum absolute atomic E-state index is 0.0219.